The highest BCUT2D eigenvalue weighted by atomic mass is 32.2. The second kappa shape index (κ2) is 8.69. The van der Waals surface area contributed by atoms with E-state index in [9.17, 15) is 22.8 Å². The average Bonchev–Trinajstić information content (AvgIpc) is 3.40. The third-order valence-corrected chi connectivity index (χ3v) is 8.75. The Bertz CT molecular complexity index is 1070. The van der Waals surface area contributed by atoms with Crippen molar-refractivity contribution in [2.75, 3.05) is 6.61 Å². The topological polar surface area (TPSA) is 107 Å². The predicted molar refractivity (Wildman–Crippen MR) is 112 cm³/mol. The van der Waals surface area contributed by atoms with E-state index in [2.05, 4.69) is 5.32 Å². The zero-order chi connectivity index (χ0) is 21.9. The Balaban J connectivity index is 1.77. The molecule has 1 aromatic heterocycles. The molecule has 2 amide bonds. The Morgan fingerprint density at radius 1 is 1.13 bits per heavy atom. The predicted octanol–water partition coefficient (Wildman–Crippen LogP) is 2.95. The van der Waals surface area contributed by atoms with Gasteiger partial charge in [0.15, 0.2) is 21.2 Å². The lowest BCUT2D eigenvalue weighted by molar-refractivity contribution is -0.150. The molecule has 1 aliphatic rings. The molecular weight excluding hydrogens is 426 g/mol. The number of carbonyl (C=O) groups is 3. The minimum Gasteiger partial charge on any atom is -0.454 e. The van der Waals surface area contributed by atoms with Crippen molar-refractivity contribution in [3.63, 3.8) is 0 Å². The van der Waals surface area contributed by atoms with Crippen LogP contribution in [-0.2, 0) is 24.2 Å². The third kappa shape index (κ3) is 4.17. The first-order valence-electron chi connectivity index (χ1n) is 9.54. The molecule has 3 rings (SSSR count). The van der Waals surface area contributed by atoms with E-state index in [0.29, 0.717) is 23.3 Å². The number of ether oxygens (including phenoxy) is 1. The minimum atomic E-state index is -4.03. The largest absolute Gasteiger partial charge is 0.454 e. The molecule has 1 saturated carbocycles. The fourth-order valence-electron chi connectivity index (χ4n) is 3.63. The average molecular weight is 450 g/mol. The first kappa shape index (κ1) is 22.2. The molecule has 1 aromatic carbocycles. The van der Waals surface area contributed by atoms with Gasteiger partial charge in [0.05, 0.1) is 9.77 Å². The summed E-state index contributed by atoms with van der Waals surface area (Å²) in [6.07, 6.45) is 1.42. The van der Waals surface area contributed by atoms with Crippen LogP contribution in [0.3, 0.4) is 0 Å². The van der Waals surface area contributed by atoms with Gasteiger partial charge >= 0.3 is 5.97 Å². The van der Waals surface area contributed by atoms with Crippen LogP contribution < -0.4 is 5.32 Å². The fourth-order valence-corrected chi connectivity index (χ4v) is 6.61. The van der Waals surface area contributed by atoms with Gasteiger partial charge in [-0.25, -0.2) is 8.42 Å². The maximum Gasteiger partial charge on any atom is 0.328 e. The molecule has 0 radical (unpaired) electrons. The fraction of sp³-hybridized carbons (Fsp3) is 0.381. The molecule has 30 heavy (non-hydrogen) atoms. The maximum absolute atomic E-state index is 13.5. The molecule has 0 saturated heterocycles. The number of sulfone groups is 1. The van der Waals surface area contributed by atoms with Gasteiger partial charge in [-0.3, -0.25) is 19.7 Å². The zero-order valence-corrected chi connectivity index (χ0v) is 18.4. The second-order valence-electron chi connectivity index (χ2n) is 7.40. The molecule has 1 aliphatic carbocycles. The Hall–Kier alpha value is -2.52. The van der Waals surface area contributed by atoms with E-state index in [-0.39, 0.29) is 17.7 Å². The second-order valence-corrected chi connectivity index (χ2v) is 10.6. The van der Waals surface area contributed by atoms with Crippen LogP contribution in [0.25, 0.3) is 0 Å². The Kier molecular flexibility index (Phi) is 6.42. The molecular formula is C21H23NO6S2. The van der Waals surface area contributed by atoms with Gasteiger partial charge in [0.25, 0.3) is 11.8 Å². The number of carbonyl (C=O) groups excluding carboxylic acids is 3. The quantitative estimate of drug-likeness (QED) is 0.680. The Morgan fingerprint density at radius 2 is 1.83 bits per heavy atom. The number of hydrogen-bond donors (Lipinski definition) is 1. The number of nitrogens with one attached hydrogen (secondary N) is 1. The van der Waals surface area contributed by atoms with Crippen LogP contribution in [0.1, 0.15) is 46.5 Å². The van der Waals surface area contributed by atoms with E-state index in [1.54, 1.807) is 43.5 Å². The van der Waals surface area contributed by atoms with Gasteiger partial charge in [-0.15, -0.1) is 11.3 Å². The lowest BCUT2D eigenvalue weighted by Crippen LogP contribution is -2.46. The highest BCUT2D eigenvalue weighted by Gasteiger charge is 2.54. The summed E-state index contributed by atoms with van der Waals surface area (Å²) < 4.78 is 30.4. The molecule has 7 nitrogen and oxygen atoms in total. The number of amides is 2. The summed E-state index contributed by atoms with van der Waals surface area (Å²) in [4.78, 5) is 37.4. The summed E-state index contributed by atoms with van der Waals surface area (Å²) in [5.41, 5.74) is 1.33. The van der Waals surface area contributed by atoms with Crippen molar-refractivity contribution in [3.8, 4) is 0 Å². The summed E-state index contributed by atoms with van der Waals surface area (Å²) in [6.45, 7) is 2.75. The minimum absolute atomic E-state index is 0.110. The van der Waals surface area contributed by atoms with Crippen molar-refractivity contribution < 1.29 is 27.5 Å². The number of hydrogen-bond acceptors (Lipinski definition) is 7. The number of esters is 1. The lowest BCUT2D eigenvalue weighted by atomic mass is 10.1. The van der Waals surface area contributed by atoms with Gasteiger partial charge < -0.3 is 4.74 Å². The van der Waals surface area contributed by atoms with Gasteiger partial charge in [0, 0.05) is 0 Å². The molecule has 160 valence electrons. The third-order valence-electron chi connectivity index (χ3n) is 5.26. The maximum atomic E-state index is 13.5. The van der Waals surface area contributed by atoms with E-state index in [0.717, 1.165) is 5.56 Å². The summed E-state index contributed by atoms with van der Waals surface area (Å²) in [5.74, 6) is -2.34. The summed E-state index contributed by atoms with van der Waals surface area (Å²) in [6, 6.07) is 8.31. The molecule has 0 unspecified atom stereocenters. The van der Waals surface area contributed by atoms with E-state index in [1.807, 2.05) is 6.07 Å². The van der Waals surface area contributed by atoms with Crippen molar-refractivity contribution in [1.29, 1.82) is 0 Å². The van der Waals surface area contributed by atoms with Crippen molar-refractivity contribution in [1.82, 2.24) is 5.32 Å². The SMILES string of the molecule is Cc1ccc(C)c(S(=O)(=O)C2(C(=O)OCC(=O)NC(=O)c3cccs3)CCCC2)c1. The number of imide groups is 1. The summed E-state index contributed by atoms with van der Waals surface area (Å²) >= 11 is 1.17. The molecule has 0 bridgehead atoms. The van der Waals surface area contributed by atoms with Gasteiger partial charge in [-0.05, 0) is 55.3 Å². The van der Waals surface area contributed by atoms with E-state index in [1.165, 1.54) is 11.3 Å². The highest BCUT2D eigenvalue weighted by Crippen LogP contribution is 2.42. The molecule has 0 aliphatic heterocycles. The molecule has 0 spiro atoms. The lowest BCUT2D eigenvalue weighted by Gasteiger charge is -2.27. The van der Waals surface area contributed by atoms with Gasteiger partial charge in [0.2, 0.25) is 0 Å². The van der Waals surface area contributed by atoms with Crippen molar-refractivity contribution in [3.05, 3.63) is 51.7 Å². The molecule has 1 N–H and O–H groups in total. The number of thiophene rings is 1. The number of rotatable bonds is 6. The number of aryl methyl sites for hydroxylation is 2. The van der Waals surface area contributed by atoms with Crippen LogP contribution in [0.5, 0.6) is 0 Å². The summed E-state index contributed by atoms with van der Waals surface area (Å²) in [5, 5.41) is 3.83. The zero-order valence-electron chi connectivity index (χ0n) is 16.8. The van der Waals surface area contributed by atoms with E-state index in [4.69, 9.17) is 4.74 Å². The smallest absolute Gasteiger partial charge is 0.328 e. The van der Waals surface area contributed by atoms with Crippen molar-refractivity contribution in [2.24, 2.45) is 0 Å². The molecule has 9 heteroatoms. The van der Waals surface area contributed by atoms with Crippen LogP contribution >= 0.6 is 11.3 Å². The normalized spacial score (nSPS) is 15.5. The van der Waals surface area contributed by atoms with Crippen LogP contribution in [-0.4, -0.2) is 37.6 Å². The van der Waals surface area contributed by atoms with Crippen molar-refractivity contribution in [2.45, 2.75) is 49.2 Å². The monoisotopic (exact) mass is 449 g/mol. The number of benzene rings is 1. The first-order chi connectivity index (χ1) is 14.2. The molecule has 2 aromatic rings. The van der Waals surface area contributed by atoms with E-state index >= 15 is 0 Å². The highest BCUT2D eigenvalue weighted by molar-refractivity contribution is 7.93. The van der Waals surface area contributed by atoms with Crippen LogP contribution in [0.15, 0.2) is 40.6 Å². The van der Waals surface area contributed by atoms with Crippen LogP contribution in [0, 0.1) is 13.8 Å². The molecule has 1 heterocycles. The van der Waals surface area contributed by atoms with Crippen LogP contribution in [0.2, 0.25) is 0 Å². The standard InChI is InChI=1S/C21H23NO6S2/c1-14-7-8-15(2)17(12-14)30(26,27)21(9-3-4-10-21)20(25)28-13-18(23)22-19(24)16-6-5-11-29-16/h5-8,11-12H,3-4,9-10,13H2,1-2H3,(H,22,23,24). The van der Waals surface area contributed by atoms with E-state index < -0.39 is 39.0 Å². The summed E-state index contributed by atoms with van der Waals surface area (Å²) in [7, 11) is -4.03. The van der Waals surface area contributed by atoms with Crippen LogP contribution in [0.4, 0.5) is 0 Å². The van der Waals surface area contributed by atoms with Gasteiger partial charge in [0.1, 0.15) is 0 Å². The Labute approximate surface area is 179 Å². The molecule has 1 fully saturated rings. The van der Waals surface area contributed by atoms with Gasteiger partial charge in [-0.1, -0.05) is 31.0 Å². The van der Waals surface area contributed by atoms with Gasteiger partial charge in [-0.2, -0.15) is 0 Å². The Morgan fingerprint density at radius 3 is 2.47 bits per heavy atom. The van der Waals surface area contributed by atoms with Crippen molar-refractivity contribution >= 4 is 39.0 Å². The molecule has 0 atom stereocenters. The first-order valence-corrected chi connectivity index (χ1v) is 11.9.